The first-order valence-corrected chi connectivity index (χ1v) is 8.09. The van der Waals surface area contributed by atoms with E-state index in [-0.39, 0.29) is 4.90 Å². The number of ether oxygens (including phenoxy) is 1. The molecule has 110 valence electrons. The molecule has 0 saturated heterocycles. The van der Waals surface area contributed by atoms with Crippen molar-refractivity contribution in [2.45, 2.75) is 18.7 Å². The summed E-state index contributed by atoms with van der Waals surface area (Å²) in [5.74, 6) is -1.13. The van der Waals surface area contributed by atoms with Crippen LogP contribution in [0.3, 0.4) is 0 Å². The van der Waals surface area contributed by atoms with Crippen molar-refractivity contribution in [2.75, 3.05) is 5.75 Å². The van der Waals surface area contributed by atoms with Gasteiger partial charge in [0.25, 0.3) is 0 Å². The third-order valence-electron chi connectivity index (χ3n) is 2.94. The largest absolute Gasteiger partial charge is 0.426 e. The van der Waals surface area contributed by atoms with Crippen LogP contribution in [0.25, 0.3) is 0 Å². The lowest BCUT2D eigenvalue weighted by Gasteiger charge is -2.06. The highest BCUT2D eigenvalue weighted by Crippen LogP contribution is 2.15. The van der Waals surface area contributed by atoms with Crippen LogP contribution in [0.5, 0.6) is 5.75 Å². The van der Waals surface area contributed by atoms with Crippen LogP contribution < -0.4 is 4.74 Å². The number of carbonyl (C=O) groups is 1. The average Bonchev–Trinajstić information content (AvgIpc) is 2.41. The molecule has 2 rings (SSSR count). The van der Waals surface area contributed by atoms with E-state index in [1.807, 2.05) is 13.8 Å². The topological polar surface area (TPSA) is 60.4 Å². The van der Waals surface area contributed by atoms with E-state index in [2.05, 4.69) is 0 Å². The molecule has 5 heteroatoms. The number of aryl methyl sites for hydroxylation is 2. The number of hydrogen-bond acceptors (Lipinski definition) is 4. The van der Waals surface area contributed by atoms with Gasteiger partial charge in [0.2, 0.25) is 0 Å². The number of benzene rings is 2. The van der Waals surface area contributed by atoms with Crippen LogP contribution in [0.1, 0.15) is 11.1 Å². The standard InChI is InChI=1S/C16H16O4S/c1-12-3-7-14(8-4-12)20-16(17)11-21(18,19)15-9-5-13(2)6-10-15/h3-10H,11H2,1-2H3. The molecule has 0 heterocycles. The summed E-state index contributed by atoms with van der Waals surface area (Å²) in [6.07, 6.45) is 0. The Hall–Kier alpha value is -2.14. The molecule has 21 heavy (non-hydrogen) atoms. The van der Waals surface area contributed by atoms with Crippen molar-refractivity contribution in [3.63, 3.8) is 0 Å². The molecule has 0 fully saturated rings. The van der Waals surface area contributed by atoms with Crippen LogP contribution in [-0.2, 0) is 14.6 Å². The number of sulfone groups is 1. The fourth-order valence-electron chi connectivity index (χ4n) is 1.75. The van der Waals surface area contributed by atoms with E-state index in [4.69, 9.17) is 4.74 Å². The summed E-state index contributed by atoms with van der Waals surface area (Å²) in [5.41, 5.74) is 1.98. The van der Waals surface area contributed by atoms with Crippen molar-refractivity contribution < 1.29 is 17.9 Å². The molecule has 0 aliphatic heterocycles. The number of hydrogen-bond donors (Lipinski definition) is 0. The van der Waals surface area contributed by atoms with E-state index in [0.29, 0.717) is 5.75 Å². The van der Waals surface area contributed by atoms with E-state index in [1.165, 1.54) is 12.1 Å². The number of carbonyl (C=O) groups excluding carboxylic acids is 1. The quantitative estimate of drug-likeness (QED) is 0.643. The van der Waals surface area contributed by atoms with E-state index in [1.54, 1.807) is 36.4 Å². The van der Waals surface area contributed by atoms with Gasteiger partial charge in [-0.25, -0.2) is 8.42 Å². The molecule has 0 aliphatic carbocycles. The summed E-state index contributed by atoms with van der Waals surface area (Å²) in [6, 6.07) is 13.2. The van der Waals surface area contributed by atoms with Crippen LogP contribution in [0.4, 0.5) is 0 Å². The lowest BCUT2D eigenvalue weighted by Crippen LogP contribution is -2.21. The van der Waals surface area contributed by atoms with Crippen LogP contribution in [0, 0.1) is 13.8 Å². The molecule has 4 nitrogen and oxygen atoms in total. The smallest absolute Gasteiger partial charge is 0.326 e. The minimum atomic E-state index is -3.68. The summed E-state index contributed by atoms with van der Waals surface area (Å²) < 4.78 is 29.2. The second-order valence-corrected chi connectivity index (χ2v) is 6.85. The van der Waals surface area contributed by atoms with Gasteiger partial charge in [0.05, 0.1) is 4.90 Å². The molecule has 0 bridgehead atoms. The Morgan fingerprint density at radius 2 is 1.38 bits per heavy atom. The fraction of sp³-hybridized carbons (Fsp3) is 0.188. The molecule has 0 atom stereocenters. The van der Waals surface area contributed by atoms with Gasteiger partial charge < -0.3 is 4.74 Å². The van der Waals surface area contributed by atoms with Crippen molar-refractivity contribution in [1.29, 1.82) is 0 Å². The molecule has 0 saturated carbocycles. The molecule has 2 aromatic rings. The normalized spacial score (nSPS) is 11.1. The molecule has 0 aromatic heterocycles. The SMILES string of the molecule is Cc1ccc(OC(=O)CS(=O)(=O)c2ccc(C)cc2)cc1. The van der Waals surface area contributed by atoms with E-state index in [9.17, 15) is 13.2 Å². The van der Waals surface area contributed by atoms with Gasteiger partial charge in [-0.1, -0.05) is 35.4 Å². The van der Waals surface area contributed by atoms with E-state index >= 15 is 0 Å². The Morgan fingerprint density at radius 3 is 1.90 bits per heavy atom. The highest BCUT2D eigenvalue weighted by Gasteiger charge is 2.20. The maximum absolute atomic E-state index is 12.1. The molecule has 0 N–H and O–H groups in total. The summed E-state index contributed by atoms with van der Waals surface area (Å²) >= 11 is 0. The van der Waals surface area contributed by atoms with Crippen molar-refractivity contribution in [2.24, 2.45) is 0 Å². The predicted molar refractivity (Wildman–Crippen MR) is 80.0 cm³/mol. The molecule has 2 aromatic carbocycles. The maximum atomic E-state index is 12.1. The Balaban J connectivity index is 2.07. The predicted octanol–water partition coefficient (Wildman–Crippen LogP) is 2.68. The maximum Gasteiger partial charge on any atom is 0.326 e. The van der Waals surface area contributed by atoms with Crippen LogP contribution in [0.15, 0.2) is 53.4 Å². The zero-order chi connectivity index (χ0) is 15.5. The van der Waals surface area contributed by atoms with E-state index in [0.717, 1.165) is 11.1 Å². The lowest BCUT2D eigenvalue weighted by molar-refractivity contribution is -0.131. The minimum absolute atomic E-state index is 0.119. The third kappa shape index (κ3) is 4.16. The van der Waals surface area contributed by atoms with Gasteiger partial charge in [-0.05, 0) is 38.1 Å². The lowest BCUT2D eigenvalue weighted by atomic mass is 10.2. The molecule has 0 amide bonds. The van der Waals surface area contributed by atoms with Gasteiger partial charge in [0.15, 0.2) is 15.6 Å². The second-order valence-electron chi connectivity index (χ2n) is 4.86. The van der Waals surface area contributed by atoms with Gasteiger partial charge in [-0.15, -0.1) is 0 Å². The highest BCUT2D eigenvalue weighted by molar-refractivity contribution is 7.92. The molecule has 0 spiro atoms. The summed E-state index contributed by atoms with van der Waals surface area (Å²) in [4.78, 5) is 11.9. The number of esters is 1. The molecule has 0 unspecified atom stereocenters. The minimum Gasteiger partial charge on any atom is -0.426 e. The fourth-order valence-corrected chi connectivity index (χ4v) is 2.84. The highest BCUT2D eigenvalue weighted by atomic mass is 32.2. The summed E-state index contributed by atoms with van der Waals surface area (Å²) in [6.45, 7) is 3.77. The van der Waals surface area contributed by atoms with Crippen molar-refractivity contribution >= 4 is 15.8 Å². The summed E-state index contributed by atoms with van der Waals surface area (Å²) in [5, 5.41) is 0. The molecular formula is C16H16O4S. The zero-order valence-electron chi connectivity index (χ0n) is 11.9. The van der Waals surface area contributed by atoms with Crippen LogP contribution >= 0.6 is 0 Å². The molecule has 0 radical (unpaired) electrons. The zero-order valence-corrected chi connectivity index (χ0v) is 12.7. The Kier molecular flexibility index (Phi) is 4.43. The first-order chi connectivity index (χ1) is 9.87. The molecule has 0 aliphatic rings. The monoisotopic (exact) mass is 304 g/mol. The Labute approximate surface area is 124 Å². The van der Waals surface area contributed by atoms with Crippen LogP contribution in [0.2, 0.25) is 0 Å². The Morgan fingerprint density at radius 1 is 0.905 bits per heavy atom. The van der Waals surface area contributed by atoms with E-state index < -0.39 is 21.6 Å². The van der Waals surface area contributed by atoms with Gasteiger partial charge in [-0.3, -0.25) is 4.79 Å². The Bertz CT molecular complexity index is 729. The average molecular weight is 304 g/mol. The van der Waals surface area contributed by atoms with Gasteiger partial charge in [0.1, 0.15) is 5.75 Å². The van der Waals surface area contributed by atoms with Crippen molar-refractivity contribution in [3.8, 4) is 5.75 Å². The third-order valence-corrected chi connectivity index (χ3v) is 4.55. The first kappa shape index (κ1) is 15.3. The van der Waals surface area contributed by atoms with Crippen molar-refractivity contribution in [1.82, 2.24) is 0 Å². The first-order valence-electron chi connectivity index (χ1n) is 6.43. The summed E-state index contributed by atoms with van der Waals surface area (Å²) in [7, 11) is -3.68. The number of rotatable bonds is 4. The second kappa shape index (κ2) is 6.10. The van der Waals surface area contributed by atoms with Crippen molar-refractivity contribution in [3.05, 3.63) is 59.7 Å². The van der Waals surface area contributed by atoms with Gasteiger partial charge >= 0.3 is 5.97 Å². The molecular weight excluding hydrogens is 288 g/mol. The van der Waals surface area contributed by atoms with Crippen LogP contribution in [-0.4, -0.2) is 20.1 Å². The van der Waals surface area contributed by atoms with Gasteiger partial charge in [0, 0.05) is 0 Å². The van der Waals surface area contributed by atoms with Gasteiger partial charge in [-0.2, -0.15) is 0 Å².